The molecule has 0 amide bonds. The molecule has 10 heteroatoms. The van der Waals surface area contributed by atoms with Crippen molar-refractivity contribution < 1.29 is 9.84 Å². The third kappa shape index (κ3) is 4.15. The van der Waals surface area contributed by atoms with Crippen LogP contribution in [0.15, 0.2) is 29.3 Å². The van der Waals surface area contributed by atoms with Crippen molar-refractivity contribution in [3.05, 3.63) is 51.3 Å². The van der Waals surface area contributed by atoms with Crippen LogP contribution >= 0.6 is 11.6 Å². The normalized spacial score (nSPS) is 16.2. The van der Waals surface area contributed by atoms with Gasteiger partial charge in [0, 0.05) is 43.5 Å². The van der Waals surface area contributed by atoms with Gasteiger partial charge in [0.05, 0.1) is 43.0 Å². The molecule has 0 aromatic carbocycles. The minimum absolute atomic E-state index is 0.0534. The maximum absolute atomic E-state index is 12.3. The molecule has 164 valence electrons. The number of nitrogens with zero attached hydrogens (tertiary/aromatic N) is 6. The highest BCUT2D eigenvalue weighted by molar-refractivity contribution is 6.33. The largest absolute Gasteiger partial charge is 0.488 e. The van der Waals surface area contributed by atoms with E-state index in [1.165, 1.54) is 0 Å². The van der Waals surface area contributed by atoms with Gasteiger partial charge in [-0.1, -0.05) is 11.6 Å². The fraction of sp³-hybridized carbons (Fsp3) is 0.429. The second-order valence-electron chi connectivity index (χ2n) is 7.62. The van der Waals surface area contributed by atoms with E-state index in [4.69, 9.17) is 21.4 Å². The maximum Gasteiger partial charge on any atom is 0.287 e. The van der Waals surface area contributed by atoms with Crippen molar-refractivity contribution >= 4 is 17.3 Å². The number of pyridine rings is 1. The van der Waals surface area contributed by atoms with E-state index in [0.717, 1.165) is 39.5 Å². The first-order valence-corrected chi connectivity index (χ1v) is 10.5. The van der Waals surface area contributed by atoms with Crippen molar-refractivity contribution in [1.29, 1.82) is 0 Å². The summed E-state index contributed by atoms with van der Waals surface area (Å²) in [7, 11) is 1.92. The molecular formula is C21H25ClN6O3. The van der Waals surface area contributed by atoms with Crippen molar-refractivity contribution in [1.82, 2.24) is 24.5 Å². The lowest BCUT2D eigenvalue weighted by Crippen LogP contribution is -2.30. The van der Waals surface area contributed by atoms with E-state index in [9.17, 15) is 4.79 Å². The second-order valence-corrected chi connectivity index (χ2v) is 7.99. The lowest BCUT2D eigenvalue weighted by Gasteiger charge is -2.20. The first-order valence-electron chi connectivity index (χ1n) is 10.1. The van der Waals surface area contributed by atoms with Gasteiger partial charge in [0.2, 0.25) is 0 Å². The van der Waals surface area contributed by atoms with E-state index in [0.29, 0.717) is 18.8 Å². The van der Waals surface area contributed by atoms with E-state index >= 15 is 0 Å². The van der Waals surface area contributed by atoms with Crippen LogP contribution in [0.1, 0.15) is 17.8 Å². The number of aliphatic hydroxyl groups excluding tert-OH is 1. The molecule has 1 atom stereocenters. The molecule has 1 fully saturated rings. The molecule has 3 aromatic heterocycles. The summed E-state index contributed by atoms with van der Waals surface area (Å²) in [4.78, 5) is 18.8. The third-order valence-corrected chi connectivity index (χ3v) is 5.92. The monoisotopic (exact) mass is 444 g/mol. The standard InChI is InChI=1S/C21H25ClN6O3/c1-13-19(14(2)26(3)25-13)17-10-15(4-6-23-17)31-16-5-7-27(12-16)18-11-24-28(8-9-29)21(30)20(18)22/h4,6,10-11,16,29H,5,7-9,12H2,1-3H3/t16-/m1/s1. The highest BCUT2D eigenvalue weighted by Crippen LogP contribution is 2.30. The SMILES string of the molecule is Cc1nn(C)c(C)c1-c1cc(O[C@@H]2CCN(c3cnn(CCO)c(=O)c3Cl)C2)ccn1. The highest BCUT2D eigenvalue weighted by Gasteiger charge is 2.27. The summed E-state index contributed by atoms with van der Waals surface area (Å²) < 4.78 is 9.23. The Balaban J connectivity index is 1.49. The van der Waals surface area contributed by atoms with Crippen LogP contribution in [-0.4, -0.2) is 55.5 Å². The molecule has 1 aliphatic rings. The molecule has 0 unspecified atom stereocenters. The summed E-state index contributed by atoms with van der Waals surface area (Å²) >= 11 is 6.29. The molecule has 4 heterocycles. The van der Waals surface area contributed by atoms with Gasteiger partial charge in [-0.15, -0.1) is 0 Å². The molecule has 1 saturated heterocycles. The van der Waals surface area contributed by atoms with Gasteiger partial charge in [-0.3, -0.25) is 14.5 Å². The van der Waals surface area contributed by atoms with Gasteiger partial charge in [-0.25, -0.2) is 4.68 Å². The van der Waals surface area contributed by atoms with Gasteiger partial charge in [0.1, 0.15) is 16.9 Å². The van der Waals surface area contributed by atoms with E-state index in [1.54, 1.807) is 12.4 Å². The Kier molecular flexibility index (Phi) is 5.97. The number of hydrogen-bond donors (Lipinski definition) is 1. The highest BCUT2D eigenvalue weighted by atomic mass is 35.5. The summed E-state index contributed by atoms with van der Waals surface area (Å²) in [6.07, 6.45) is 4.05. The van der Waals surface area contributed by atoms with Crippen LogP contribution in [0.3, 0.4) is 0 Å². The van der Waals surface area contributed by atoms with Crippen molar-refractivity contribution in [3.63, 3.8) is 0 Å². The first-order chi connectivity index (χ1) is 14.9. The lowest BCUT2D eigenvalue weighted by atomic mass is 10.1. The Morgan fingerprint density at radius 3 is 2.87 bits per heavy atom. The molecule has 1 aliphatic heterocycles. The van der Waals surface area contributed by atoms with E-state index < -0.39 is 5.56 Å². The van der Waals surface area contributed by atoms with Crippen LogP contribution in [0.2, 0.25) is 5.02 Å². The number of ether oxygens (including phenoxy) is 1. The Labute approximate surface area is 184 Å². The minimum atomic E-state index is -0.404. The van der Waals surface area contributed by atoms with E-state index in [2.05, 4.69) is 15.2 Å². The quantitative estimate of drug-likeness (QED) is 0.620. The molecule has 31 heavy (non-hydrogen) atoms. The number of aliphatic hydroxyl groups is 1. The van der Waals surface area contributed by atoms with Gasteiger partial charge < -0.3 is 14.7 Å². The molecule has 9 nitrogen and oxygen atoms in total. The molecule has 4 rings (SSSR count). The molecule has 0 saturated carbocycles. The third-order valence-electron chi connectivity index (χ3n) is 5.56. The van der Waals surface area contributed by atoms with E-state index in [1.807, 2.05) is 42.6 Å². The molecule has 3 aromatic rings. The minimum Gasteiger partial charge on any atom is -0.488 e. The Morgan fingerprint density at radius 2 is 2.16 bits per heavy atom. The Morgan fingerprint density at radius 1 is 1.35 bits per heavy atom. The molecular weight excluding hydrogens is 420 g/mol. The predicted octanol–water partition coefficient (Wildman–Crippen LogP) is 1.96. The topological polar surface area (TPSA) is 98.3 Å². The van der Waals surface area contributed by atoms with Crippen LogP contribution < -0.4 is 15.2 Å². The fourth-order valence-electron chi connectivity index (χ4n) is 3.93. The number of halogens is 1. The van der Waals surface area contributed by atoms with Gasteiger partial charge in [0.25, 0.3) is 5.56 Å². The van der Waals surface area contributed by atoms with Crippen LogP contribution in [-0.2, 0) is 13.6 Å². The smallest absolute Gasteiger partial charge is 0.287 e. The van der Waals surface area contributed by atoms with Crippen LogP contribution in [0.5, 0.6) is 5.75 Å². The molecule has 0 radical (unpaired) electrons. The van der Waals surface area contributed by atoms with Gasteiger partial charge >= 0.3 is 0 Å². The molecule has 1 N–H and O–H groups in total. The van der Waals surface area contributed by atoms with Crippen LogP contribution in [0.4, 0.5) is 5.69 Å². The van der Waals surface area contributed by atoms with Crippen molar-refractivity contribution in [3.8, 4) is 17.0 Å². The zero-order chi connectivity index (χ0) is 22.1. The summed E-state index contributed by atoms with van der Waals surface area (Å²) in [6.45, 7) is 5.23. The number of aromatic nitrogens is 5. The zero-order valence-electron chi connectivity index (χ0n) is 17.7. The maximum atomic E-state index is 12.3. The average Bonchev–Trinajstić information content (AvgIpc) is 3.29. The summed E-state index contributed by atoms with van der Waals surface area (Å²) in [5.74, 6) is 0.738. The summed E-state index contributed by atoms with van der Waals surface area (Å²) in [5, 5.41) is 17.7. The number of hydrogen-bond acceptors (Lipinski definition) is 7. The van der Waals surface area contributed by atoms with Crippen molar-refractivity contribution in [2.45, 2.75) is 32.9 Å². The molecule has 0 bridgehead atoms. The van der Waals surface area contributed by atoms with Gasteiger partial charge in [0.15, 0.2) is 0 Å². The van der Waals surface area contributed by atoms with Gasteiger partial charge in [-0.05, 0) is 19.9 Å². The van der Waals surface area contributed by atoms with Crippen LogP contribution in [0, 0.1) is 13.8 Å². The molecule has 0 spiro atoms. The number of anilines is 1. The Hall–Kier alpha value is -2.91. The second kappa shape index (κ2) is 8.68. The number of aryl methyl sites for hydroxylation is 2. The fourth-order valence-corrected chi connectivity index (χ4v) is 4.20. The van der Waals surface area contributed by atoms with Crippen molar-refractivity contribution in [2.75, 3.05) is 24.6 Å². The van der Waals surface area contributed by atoms with Crippen molar-refractivity contribution in [2.24, 2.45) is 7.05 Å². The summed E-state index contributed by atoms with van der Waals surface area (Å²) in [6, 6.07) is 3.78. The predicted molar refractivity (Wildman–Crippen MR) is 118 cm³/mol. The summed E-state index contributed by atoms with van der Waals surface area (Å²) in [5.41, 5.74) is 4.00. The Bertz CT molecular complexity index is 1160. The number of rotatable bonds is 6. The first kappa shape index (κ1) is 21.3. The average molecular weight is 445 g/mol. The zero-order valence-corrected chi connectivity index (χ0v) is 18.5. The van der Waals surface area contributed by atoms with Crippen LogP contribution in [0.25, 0.3) is 11.3 Å². The lowest BCUT2D eigenvalue weighted by molar-refractivity contribution is 0.225. The van der Waals surface area contributed by atoms with E-state index in [-0.39, 0.29) is 24.3 Å². The molecule has 0 aliphatic carbocycles. The van der Waals surface area contributed by atoms with Gasteiger partial charge in [-0.2, -0.15) is 10.2 Å².